The van der Waals surface area contributed by atoms with Crippen molar-refractivity contribution < 1.29 is 0 Å². The van der Waals surface area contributed by atoms with E-state index in [4.69, 9.17) is 0 Å². The van der Waals surface area contributed by atoms with E-state index in [-0.39, 0.29) is 0 Å². The summed E-state index contributed by atoms with van der Waals surface area (Å²) in [6.07, 6.45) is 6.62. The molecule has 0 radical (unpaired) electrons. The van der Waals surface area contributed by atoms with Crippen molar-refractivity contribution in [1.82, 2.24) is 5.32 Å². The Bertz CT molecular complexity index is 396. The molecular weight excluding hydrogens is 220 g/mol. The third kappa shape index (κ3) is 2.39. The summed E-state index contributed by atoms with van der Waals surface area (Å²) in [7, 11) is 0. The SMILES string of the molecule is CC1Cc2ccccc2N1CCCC1CCCN1. The molecule has 1 aromatic carbocycles. The first-order chi connectivity index (χ1) is 8.84. The molecule has 18 heavy (non-hydrogen) atoms. The molecule has 1 N–H and O–H groups in total. The number of nitrogens with one attached hydrogen (secondary N) is 1. The molecule has 0 spiro atoms. The van der Waals surface area contributed by atoms with Crippen LogP contribution in [0.4, 0.5) is 5.69 Å². The fourth-order valence-electron chi connectivity index (χ4n) is 3.48. The van der Waals surface area contributed by atoms with Crippen LogP contribution in [0.3, 0.4) is 0 Å². The highest BCUT2D eigenvalue weighted by Gasteiger charge is 2.25. The largest absolute Gasteiger partial charge is 0.368 e. The molecule has 0 aromatic heterocycles. The maximum Gasteiger partial charge on any atom is 0.0402 e. The second-order valence-electron chi connectivity index (χ2n) is 5.81. The molecule has 2 aliphatic rings. The van der Waals surface area contributed by atoms with Crippen LogP contribution in [0.2, 0.25) is 0 Å². The summed E-state index contributed by atoms with van der Waals surface area (Å²) in [5.74, 6) is 0. The second-order valence-corrected chi connectivity index (χ2v) is 5.81. The number of benzene rings is 1. The van der Waals surface area contributed by atoms with E-state index in [0.29, 0.717) is 6.04 Å². The summed E-state index contributed by atoms with van der Waals surface area (Å²) in [5.41, 5.74) is 3.01. The lowest BCUT2D eigenvalue weighted by Crippen LogP contribution is -2.31. The van der Waals surface area contributed by atoms with Gasteiger partial charge in [0.15, 0.2) is 0 Å². The lowest BCUT2D eigenvalue weighted by molar-refractivity contribution is 0.524. The van der Waals surface area contributed by atoms with Crippen molar-refractivity contribution in [1.29, 1.82) is 0 Å². The molecule has 2 atom stereocenters. The lowest BCUT2D eigenvalue weighted by Gasteiger charge is -2.25. The first-order valence-electron chi connectivity index (χ1n) is 7.42. The van der Waals surface area contributed by atoms with Gasteiger partial charge in [-0.2, -0.15) is 0 Å². The predicted octanol–water partition coefficient (Wildman–Crippen LogP) is 2.97. The Morgan fingerprint density at radius 3 is 3.06 bits per heavy atom. The Balaban J connectivity index is 1.56. The normalized spacial score (nSPS) is 26.6. The zero-order chi connectivity index (χ0) is 12.4. The molecule has 3 rings (SSSR count). The standard InChI is InChI=1S/C16H24N2/c1-13-12-14-6-2-3-9-16(14)18(13)11-5-8-15-7-4-10-17-15/h2-3,6,9,13,15,17H,4-5,7-8,10-12H2,1H3. The van der Waals surface area contributed by atoms with Crippen LogP contribution in [0.1, 0.15) is 38.2 Å². The van der Waals surface area contributed by atoms with Gasteiger partial charge in [-0.1, -0.05) is 18.2 Å². The Kier molecular flexibility index (Phi) is 3.55. The van der Waals surface area contributed by atoms with E-state index in [1.54, 1.807) is 0 Å². The van der Waals surface area contributed by atoms with Gasteiger partial charge in [-0.25, -0.2) is 0 Å². The molecule has 0 amide bonds. The number of rotatable bonds is 4. The predicted molar refractivity (Wildman–Crippen MR) is 77.2 cm³/mol. The Morgan fingerprint density at radius 2 is 2.22 bits per heavy atom. The molecule has 2 nitrogen and oxygen atoms in total. The van der Waals surface area contributed by atoms with E-state index in [9.17, 15) is 0 Å². The van der Waals surface area contributed by atoms with Crippen molar-refractivity contribution in [2.45, 2.75) is 51.1 Å². The highest BCUT2D eigenvalue weighted by Crippen LogP contribution is 2.31. The Morgan fingerprint density at radius 1 is 1.33 bits per heavy atom. The number of para-hydroxylation sites is 1. The number of hydrogen-bond acceptors (Lipinski definition) is 2. The van der Waals surface area contributed by atoms with Gasteiger partial charge in [0.25, 0.3) is 0 Å². The van der Waals surface area contributed by atoms with Crippen molar-refractivity contribution in [3.63, 3.8) is 0 Å². The smallest absolute Gasteiger partial charge is 0.0402 e. The summed E-state index contributed by atoms with van der Waals surface area (Å²) in [5, 5.41) is 3.59. The van der Waals surface area contributed by atoms with E-state index >= 15 is 0 Å². The van der Waals surface area contributed by atoms with Crippen LogP contribution >= 0.6 is 0 Å². The van der Waals surface area contributed by atoms with Crippen LogP contribution < -0.4 is 10.2 Å². The molecule has 2 unspecified atom stereocenters. The van der Waals surface area contributed by atoms with Crippen LogP contribution in [0.5, 0.6) is 0 Å². The maximum atomic E-state index is 3.59. The van der Waals surface area contributed by atoms with E-state index in [0.717, 1.165) is 6.04 Å². The minimum absolute atomic E-state index is 0.680. The highest BCUT2D eigenvalue weighted by atomic mass is 15.2. The van der Waals surface area contributed by atoms with Crippen LogP contribution in [-0.2, 0) is 6.42 Å². The Labute approximate surface area is 110 Å². The van der Waals surface area contributed by atoms with Gasteiger partial charge in [0, 0.05) is 24.3 Å². The van der Waals surface area contributed by atoms with Crippen LogP contribution in [-0.4, -0.2) is 25.2 Å². The summed E-state index contributed by atoms with van der Waals surface area (Å²) in [6.45, 7) is 4.80. The monoisotopic (exact) mass is 244 g/mol. The number of anilines is 1. The summed E-state index contributed by atoms with van der Waals surface area (Å²) < 4.78 is 0. The van der Waals surface area contributed by atoms with Crippen molar-refractivity contribution >= 4 is 5.69 Å². The molecule has 2 heterocycles. The maximum absolute atomic E-state index is 3.59. The van der Waals surface area contributed by atoms with Crippen molar-refractivity contribution in [2.75, 3.05) is 18.0 Å². The van der Waals surface area contributed by atoms with Gasteiger partial charge in [-0.15, -0.1) is 0 Å². The molecule has 0 bridgehead atoms. The van der Waals surface area contributed by atoms with Crippen LogP contribution in [0.25, 0.3) is 0 Å². The van der Waals surface area contributed by atoms with E-state index in [1.807, 2.05) is 0 Å². The van der Waals surface area contributed by atoms with Gasteiger partial charge in [0.05, 0.1) is 0 Å². The van der Waals surface area contributed by atoms with Gasteiger partial charge >= 0.3 is 0 Å². The molecule has 0 saturated carbocycles. The van der Waals surface area contributed by atoms with Gasteiger partial charge in [-0.3, -0.25) is 0 Å². The first-order valence-corrected chi connectivity index (χ1v) is 7.42. The minimum Gasteiger partial charge on any atom is -0.368 e. The van der Waals surface area contributed by atoms with E-state index in [2.05, 4.69) is 41.4 Å². The molecule has 1 saturated heterocycles. The molecule has 0 aliphatic carbocycles. The molecular formula is C16H24N2. The van der Waals surface area contributed by atoms with Crippen molar-refractivity contribution in [3.8, 4) is 0 Å². The fourth-order valence-corrected chi connectivity index (χ4v) is 3.48. The molecule has 2 aliphatic heterocycles. The van der Waals surface area contributed by atoms with Gasteiger partial charge in [0.1, 0.15) is 0 Å². The van der Waals surface area contributed by atoms with Gasteiger partial charge < -0.3 is 10.2 Å². The van der Waals surface area contributed by atoms with Gasteiger partial charge in [-0.05, 0) is 57.2 Å². The van der Waals surface area contributed by atoms with Crippen molar-refractivity contribution in [2.24, 2.45) is 0 Å². The summed E-state index contributed by atoms with van der Waals surface area (Å²) in [4.78, 5) is 2.60. The topological polar surface area (TPSA) is 15.3 Å². The minimum atomic E-state index is 0.680. The zero-order valence-corrected chi connectivity index (χ0v) is 11.4. The third-order valence-corrected chi connectivity index (χ3v) is 4.46. The van der Waals surface area contributed by atoms with E-state index < -0.39 is 0 Å². The summed E-state index contributed by atoms with van der Waals surface area (Å²) in [6, 6.07) is 10.4. The zero-order valence-electron chi connectivity index (χ0n) is 11.4. The van der Waals surface area contributed by atoms with E-state index in [1.165, 1.54) is 56.4 Å². The fraction of sp³-hybridized carbons (Fsp3) is 0.625. The molecule has 98 valence electrons. The molecule has 1 aromatic rings. The number of fused-ring (bicyclic) bond motifs is 1. The lowest BCUT2D eigenvalue weighted by atomic mass is 10.1. The average Bonchev–Trinajstić information content (AvgIpc) is 2.98. The average molecular weight is 244 g/mol. The van der Waals surface area contributed by atoms with Crippen LogP contribution in [0, 0.1) is 0 Å². The van der Waals surface area contributed by atoms with Gasteiger partial charge in [0.2, 0.25) is 0 Å². The first kappa shape index (κ1) is 12.0. The quantitative estimate of drug-likeness (QED) is 0.876. The van der Waals surface area contributed by atoms with Crippen molar-refractivity contribution in [3.05, 3.63) is 29.8 Å². The third-order valence-electron chi connectivity index (χ3n) is 4.46. The van der Waals surface area contributed by atoms with Crippen LogP contribution in [0.15, 0.2) is 24.3 Å². The number of hydrogen-bond donors (Lipinski definition) is 1. The summed E-state index contributed by atoms with van der Waals surface area (Å²) >= 11 is 0. The Hall–Kier alpha value is -1.02. The second kappa shape index (κ2) is 5.31. The molecule has 1 fully saturated rings. The molecule has 2 heteroatoms. The number of nitrogens with zero attached hydrogens (tertiary/aromatic N) is 1. The highest BCUT2D eigenvalue weighted by molar-refractivity contribution is 5.59.